The van der Waals surface area contributed by atoms with Gasteiger partial charge in [0, 0.05) is 17.5 Å². The molecule has 0 saturated heterocycles. The lowest BCUT2D eigenvalue weighted by molar-refractivity contribution is -0.116. The maximum atomic E-state index is 12.2. The van der Waals surface area contributed by atoms with Gasteiger partial charge in [-0.3, -0.25) is 4.79 Å². The van der Waals surface area contributed by atoms with Crippen molar-refractivity contribution in [2.75, 3.05) is 5.32 Å². The average molecular weight is 357 g/mol. The van der Waals surface area contributed by atoms with Gasteiger partial charge in [0.1, 0.15) is 5.38 Å². The van der Waals surface area contributed by atoms with Crippen LogP contribution in [0.3, 0.4) is 0 Å². The second kappa shape index (κ2) is 7.60. The van der Waals surface area contributed by atoms with Crippen LogP contribution in [0.2, 0.25) is 0 Å². The van der Waals surface area contributed by atoms with E-state index in [1.165, 1.54) is 22.5 Å². The number of nitrogens with zero attached hydrogens (tertiary/aromatic N) is 1. The summed E-state index contributed by atoms with van der Waals surface area (Å²) >= 11 is 7.70. The van der Waals surface area contributed by atoms with Gasteiger partial charge in [0.05, 0.1) is 0 Å². The summed E-state index contributed by atoms with van der Waals surface area (Å²) in [5.41, 5.74) is 3.24. The molecule has 0 fully saturated rings. The van der Waals surface area contributed by atoms with Crippen molar-refractivity contribution in [1.82, 2.24) is 4.98 Å². The fourth-order valence-corrected chi connectivity index (χ4v) is 3.46. The number of aromatic nitrogens is 1. The normalized spacial score (nSPS) is 11.9. The van der Waals surface area contributed by atoms with Crippen molar-refractivity contribution < 1.29 is 4.79 Å². The van der Waals surface area contributed by atoms with Crippen LogP contribution in [-0.2, 0) is 11.2 Å². The van der Waals surface area contributed by atoms with E-state index < -0.39 is 5.38 Å². The molecule has 0 aliphatic heterocycles. The number of carbonyl (C=O) groups is 1. The molecule has 5 heteroatoms. The second-order valence-corrected chi connectivity index (χ2v) is 7.11. The lowest BCUT2D eigenvalue weighted by Crippen LogP contribution is -2.17. The number of amides is 1. The van der Waals surface area contributed by atoms with E-state index in [4.69, 9.17) is 11.6 Å². The van der Waals surface area contributed by atoms with E-state index in [2.05, 4.69) is 35.4 Å². The third-order valence-electron chi connectivity index (χ3n) is 3.57. The number of carbonyl (C=O) groups excluding carboxylic acids is 1. The number of halogens is 1. The molecule has 1 amide bonds. The number of thiazole rings is 1. The Bertz CT molecular complexity index is 832. The molecule has 1 N–H and O–H groups in total. The molecule has 0 bridgehead atoms. The van der Waals surface area contributed by atoms with Crippen LogP contribution in [0.1, 0.15) is 26.9 Å². The van der Waals surface area contributed by atoms with Gasteiger partial charge in [-0.05, 0) is 18.1 Å². The third kappa shape index (κ3) is 4.22. The molecule has 0 aliphatic carbocycles. The van der Waals surface area contributed by atoms with E-state index in [-0.39, 0.29) is 5.91 Å². The van der Waals surface area contributed by atoms with E-state index in [0.717, 1.165) is 16.9 Å². The third-order valence-corrected chi connectivity index (χ3v) is 4.93. The van der Waals surface area contributed by atoms with E-state index in [9.17, 15) is 4.79 Å². The van der Waals surface area contributed by atoms with Crippen molar-refractivity contribution >= 4 is 34.0 Å². The van der Waals surface area contributed by atoms with Crippen molar-refractivity contribution in [3.8, 4) is 0 Å². The minimum absolute atomic E-state index is 0.265. The number of nitrogens with one attached hydrogen (secondary N) is 1. The minimum atomic E-state index is -0.727. The van der Waals surface area contributed by atoms with Crippen molar-refractivity contribution in [2.24, 2.45) is 0 Å². The second-order valence-electron chi connectivity index (χ2n) is 5.56. The molecular formula is C19H17ClN2OS. The zero-order valence-electron chi connectivity index (χ0n) is 13.2. The summed E-state index contributed by atoms with van der Waals surface area (Å²) in [6.07, 6.45) is 2.60. The maximum absolute atomic E-state index is 12.2. The first kappa shape index (κ1) is 16.7. The van der Waals surface area contributed by atoms with E-state index >= 15 is 0 Å². The van der Waals surface area contributed by atoms with Crippen LogP contribution < -0.4 is 5.32 Å². The number of benzene rings is 2. The molecule has 24 heavy (non-hydrogen) atoms. The minimum Gasteiger partial charge on any atom is -0.300 e. The van der Waals surface area contributed by atoms with Crippen LogP contribution in [0.25, 0.3) is 0 Å². The number of hydrogen-bond acceptors (Lipinski definition) is 3. The zero-order chi connectivity index (χ0) is 16.9. The number of alkyl halides is 1. The molecule has 0 aliphatic rings. The lowest BCUT2D eigenvalue weighted by Gasteiger charge is -2.08. The quantitative estimate of drug-likeness (QED) is 0.656. The van der Waals surface area contributed by atoms with Crippen LogP contribution in [-0.4, -0.2) is 10.9 Å². The molecular weight excluding hydrogens is 340 g/mol. The first-order chi connectivity index (χ1) is 11.6. The van der Waals surface area contributed by atoms with E-state index in [1.807, 2.05) is 36.4 Å². The zero-order valence-corrected chi connectivity index (χ0v) is 14.8. The highest BCUT2D eigenvalue weighted by molar-refractivity contribution is 7.15. The fraction of sp³-hybridized carbons (Fsp3) is 0.158. The Morgan fingerprint density at radius 3 is 2.75 bits per heavy atom. The van der Waals surface area contributed by atoms with Crippen molar-refractivity contribution in [2.45, 2.75) is 18.7 Å². The summed E-state index contributed by atoms with van der Waals surface area (Å²) in [6.45, 7) is 2.08. The number of hydrogen-bond donors (Lipinski definition) is 1. The highest BCUT2D eigenvalue weighted by Crippen LogP contribution is 2.25. The van der Waals surface area contributed by atoms with Crippen molar-refractivity contribution in [3.63, 3.8) is 0 Å². The lowest BCUT2D eigenvalue weighted by atomic mass is 10.1. The SMILES string of the molecule is Cc1cccc(Cc2cnc(NC(=O)[C@H](Cl)c3ccccc3)s2)c1. The summed E-state index contributed by atoms with van der Waals surface area (Å²) in [6, 6.07) is 17.7. The van der Waals surface area contributed by atoms with Crippen LogP contribution in [0, 0.1) is 6.92 Å². The molecule has 1 heterocycles. The molecule has 0 saturated carbocycles. The topological polar surface area (TPSA) is 42.0 Å². The summed E-state index contributed by atoms with van der Waals surface area (Å²) < 4.78 is 0. The maximum Gasteiger partial charge on any atom is 0.248 e. The van der Waals surface area contributed by atoms with Crippen LogP contribution in [0.5, 0.6) is 0 Å². The van der Waals surface area contributed by atoms with Gasteiger partial charge in [0.15, 0.2) is 5.13 Å². The first-order valence-corrected chi connectivity index (χ1v) is 8.87. The molecule has 3 aromatic rings. The van der Waals surface area contributed by atoms with Gasteiger partial charge >= 0.3 is 0 Å². The monoisotopic (exact) mass is 356 g/mol. The standard InChI is InChI=1S/C19H17ClN2OS/c1-13-6-5-7-14(10-13)11-16-12-21-19(24-16)22-18(23)17(20)15-8-3-2-4-9-15/h2-10,12,17H,11H2,1H3,(H,21,22,23)/t17-/m1/s1. The van der Waals surface area contributed by atoms with Crippen LogP contribution in [0.4, 0.5) is 5.13 Å². The summed E-state index contributed by atoms with van der Waals surface area (Å²) in [4.78, 5) is 17.6. The fourth-order valence-electron chi connectivity index (χ4n) is 2.41. The molecule has 2 aromatic carbocycles. The molecule has 0 unspecified atom stereocenters. The van der Waals surface area contributed by atoms with Gasteiger partial charge in [-0.2, -0.15) is 0 Å². The van der Waals surface area contributed by atoms with E-state index in [1.54, 1.807) is 6.20 Å². The molecule has 1 aromatic heterocycles. The van der Waals surface area contributed by atoms with Gasteiger partial charge in [-0.1, -0.05) is 60.2 Å². The molecule has 0 spiro atoms. The smallest absolute Gasteiger partial charge is 0.248 e. The predicted octanol–water partition coefficient (Wildman–Crippen LogP) is 4.96. The largest absolute Gasteiger partial charge is 0.300 e. The number of anilines is 1. The van der Waals surface area contributed by atoms with Crippen LogP contribution >= 0.6 is 22.9 Å². The Morgan fingerprint density at radius 2 is 2.00 bits per heavy atom. The molecule has 122 valence electrons. The van der Waals surface area contributed by atoms with Gasteiger partial charge in [0.2, 0.25) is 5.91 Å². The Hall–Kier alpha value is -2.17. The van der Waals surface area contributed by atoms with Gasteiger partial charge in [0.25, 0.3) is 0 Å². The van der Waals surface area contributed by atoms with Gasteiger partial charge < -0.3 is 5.32 Å². The molecule has 1 atom stereocenters. The number of rotatable bonds is 5. The number of aryl methyl sites for hydroxylation is 1. The van der Waals surface area contributed by atoms with E-state index in [0.29, 0.717) is 5.13 Å². The summed E-state index contributed by atoms with van der Waals surface area (Å²) in [5, 5.41) is 2.64. The summed E-state index contributed by atoms with van der Waals surface area (Å²) in [5.74, 6) is -0.265. The average Bonchev–Trinajstić information content (AvgIpc) is 3.02. The van der Waals surface area contributed by atoms with Crippen molar-refractivity contribution in [1.29, 1.82) is 0 Å². The molecule has 3 rings (SSSR count). The Labute approximate surface area is 150 Å². The Balaban J connectivity index is 1.64. The summed E-state index contributed by atoms with van der Waals surface area (Å²) in [7, 11) is 0. The highest BCUT2D eigenvalue weighted by Gasteiger charge is 2.18. The molecule has 0 radical (unpaired) electrons. The Kier molecular flexibility index (Phi) is 5.28. The van der Waals surface area contributed by atoms with Crippen LogP contribution in [0.15, 0.2) is 60.8 Å². The predicted molar refractivity (Wildman–Crippen MR) is 99.8 cm³/mol. The van der Waals surface area contributed by atoms with Gasteiger partial charge in [-0.25, -0.2) is 4.98 Å². The van der Waals surface area contributed by atoms with Crippen molar-refractivity contribution in [3.05, 3.63) is 82.4 Å². The highest BCUT2D eigenvalue weighted by atomic mass is 35.5. The molecule has 3 nitrogen and oxygen atoms in total. The first-order valence-electron chi connectivity index (χ1n) is 7.62. The Morgan fingerprint density at radius 1 is 1.21 bits per heavy atom. The van der Waals surface area contributed by atoms with Gasteiger partial charge in [-0.15, -0.1) is 22.9 Å².